The molecule has 3 aromatic heterocycles. The van der Waals surface area contributed by atoms with Gasteiger partial charge >= 0.3 is 0 Å². The third-order valence-corrected chi connectivity index (χ3v) is 5.19. The number of hydrogen-bond donors (Lipinski definition) is 1. The molecule has 0 aliphatic carbocycles. The van der Waals surface area contributed by atoms with Crippen LogP contribution in [0.2, 0.25) is 0 Å². The number of aryl methyl sites for hydroxylation is 1. The van der Waals surface area contributed by atoms with Crippen LogP contribution in [-0.4, -0.2) is 37.9 Å². The Bertz CT molecular complexity index is 875. The molecule has 1 saturated heterocycles. The number of anilines is 2. The van der Waals surface area contributed by atoms with Gasteiger partial charge in [0.25, 0.3) is 0 Å². The first kappa shape index (κ1) is 17.5. The molecule has 1 N–H and O–H groups in total. The number of hydrogen-bond acceptors (Lipinski definition) is 6. The second kappa shape index (κ2) is 8.22. The van der Waals surface area contributed by atoms with Crippen LogP contribution < -0.4 is 5.32 Å². The van der Waals surface area contributed by atoms with E-state index < -0.39 is 0 Å². The van der Waals surface area contributed by atoms with E-state index in [4.69, 9.17) is 0 Å². The van der Waals surface area contributed by atoms with Crippen molar-refractivity contribution in [3.8, 4) is 0 Å². The van der Waals surface area contributed by atoms with Crippen molar-refractivity contribution in [2.75, 3.05) is 18.4 Å². The molecule has 4 rings (SSSR count). The van der Waals surface area contributed by atoms with Gasteiger partial charge in [0.2, 0.25) is 0 Å². The topological polar surface area (TPSA) is 66.8 Å². The van der Waals surface area contributed by atoms with Gasteiger partial charge in [-0.2, -0.15) is 0 Å². The molecular weight excluding hydrogens is 336 g/mol. The van der Waals surface area contributed by atoms with Crippen LogP contribution in [0.1, 0.15) is 35.4 Å². The van der Waals surface area contributed by atoms with E-state index in [1.165, 1.54) is 29.5 Å². The fourth-order valence-electron chi connectivity index (χ4n) is 3.61. The van der Waals surface area contributed by atoms with E-state index in [2.05, 4.69) is 55.3 Å². The molecule has 6 nitrogen and oxygen atoms in total. The number of piperidine rings is 1. The zero-order valence-electron chi connectivity index (χ0n) is 15.5. The Kier molecular flexibility index (Phi) is 5.34. The second-order valence-corrected chi connectivity index (χ2v) is 7.04. The Morgan fingerprint density at radius 3 is 2.56 bits per heavy atom. The monoisotopic (exact) mass is 360 g/mol. The lowest BCUT2D eigenvalue weighted by atomic mass is 9.89. The Balaban J connectivity index is 1.37. The Hall–Kier alpha value is -2.86. The van der Waals surface area contributed by atoms with Crippen LogP contribution in [0.25, 0.3) is 0 Å². The predicted molar refractivity (Wildman–Crippen MR) is 106 cm³/mol. The molecule has 1 aliphatic heterocycles. The van der Waals surface area contributed by atoms with E-state index in [-0.39, 0.29) is 0 Å². The van der Waals surface area contributed by atoms with E-state index in [1.807, 2.05) is 18.6 Å². The van der Waals surface area contributed by atoms with Gasteiger partial charge in [-0.05, 0) is 73.7 Å². The molecule has 0 atom stereocenters. The fraction of sp³-hybridized carbons (Fsp3) is 0.333. The smallest absolute Gasteiger partial charge is 0.150 e. The van der Waals surface area contributed by atoms with E-state index in [0.717, 1.165) is 25.5 Å². The maximum Gasteiger partial charge on any atom is 0.150 e. The maximum atomic E-state index is 4.41. The summed E-state index contributed by atoms with van der Waals surface area (Å²) in [6.07, 6.45) is 13.1. The van der Waals surface area contributed by atoms with Gasteiger partial charge in [0, 0.05) is 37.5 Å². The van der Waals surface area contributed by atoms with Crippen molar-refractivity contribution in [1.82, 2.24) is 24.8 Å². The molecule has 4 heterocycles. The zero-order valence-corrected chi connectivity index (χ0v) is 15.5. The van der Waals surface area contributed by atoms with Crippen molar-refractivity contribution in [1.29, 1.82) is 0 Å². The van der Waals surface area contributed by atoms with Gasteiger partial charge in [-0.25, -0.2) is 9.97 Å². The van der Waals surface area contributed by atoms with Crippen molar-refractivity contribution in [2.45, 2.75) is 32.2 Å². The number of likely N-dealkylation sites (tertiary alicyclic amines) is 1. The molecule has 3 aromatic rings. The molecule has 0 radical (unpaired) electrons. The van der Waals surface area contributed by atoms with Crippen LogP contribution in [0.5, 0.6) is 0 Å². The average Bonchev–Trinajstić information content (AvgIpc) is 2.71. The molecule has 6 heteroatoms. The summed E-state index contributed by atoms with van der Waals surface area (Å²) in [7, 11) is 0. The number of nitrogens with one attached hydrogen (secondary N) is 1. The van der Waals surface area contributed by atoms with Crippen LogP contribution in [-0.2, 0) is 6.54 Å². The molecule has 1 aliphatic rings. The van der Waals surface area contributed by atoms with Crippen molar-refractivity contribution in [3.63, 3.8) is 0 Å². The first-order chi connectivity index (χ1) is 13.3. The zero-order chi connectivity index (χ0) is 18.5. The molecule has 138 valence electrons. The van der Waals surface area contributed by atoms with Crippen LogP contribution in [0.3, 0.4) is 0 Å². The molecule has 0 bridgehead atoms. The third-order valence-electron chi connectivity index (χ3n) is 5.19. The second-order valence-electron chi connectivity index (χ2n) is 7.04. The number of rotatable bonds is 5. The maximum absolute atomic E-state index is 4.41. The highest BCUT2D eigenvalue weighted by Crippen LogP contribution is 2.30. The minimum atomic E-state index is 0.574. The highest BCUT2D eigenvalue weighted by Gasteiger charge is 2.21. The SMILES string of the molecule is Cc1cnccc1CN1CCC(c2ccnc(Nc3cnccn3)c2)CC1. The lowest BCUT2D eigenvalue weighted by Crippen LogP contribution is -2.32. The van der Waals surface area contributed by atoms with Gasteiger partial charge in [-0.1, -0.05) is 0 Å². The quantitative estimate of drug-likeness (QED) is 0.748. The summed E-state index contributed by atoms with van der Waals surface area (Å²) in [5.74, 6) is 2.11. The van der Waals surface area contributed by atoms with Gasteiger partial charge < -0.3 is 5.32 Å². The normalized spacial score (nSPS) is 15.6. The number of pyridine rings is 2. The van der Waals surface area contributed by atoms with Crippen LogP contribution in [0.4, 0.5) is 11.6 Å². The van der Waals surface area contributed by atoms with Crippen molar-refractivity contribution in [3.05, 3.63) is 72.1 Å². The molecular formula is C21H24N6. The van der Waals surface area contributed by atoms with Crippen molar-refractivity contribution in [2.24, 2.45) is 0 Å². The van der Waals surface area contributed by atoms with Crippen LogP contribution >= 0.6 is 0 Å². The summed E-state index contributed by atoms with van der Waals surface area (Å²) in [5.41, 5.74) is 3.99. The van der Waals surface area contributed by atoms with Crippen LogP contribution in [0, 0.1) is 6.92 Å². The third kappa shape index (κ3) is 4.46. The van der Waals surface area contributed by atoms with E-state index >= 15 is 0 Å². The molecule has 0 saturated carbocycles. The van der Waals surface area contributed by atoms with Gasteiger partial charge in [-0.15, -0.1) is 0 Å². The molecule has 0 unspecified atom stereocenters. The van der Waals surface area contributed by atoms with E-state index in [0.29, 0.717) is 11.7 Å². The van der Waals surface area contributed by atoms with Gasteiger partial charge in [0.15, 0.2) is 0 Å². The minimum absolute atomic E-state index is 0.574. The predicted octanol–water partition coefficient (Wildman–Crippen LogP) is 3.70. The van der Waals surface area contributed by atoms with Crippen molar-refractivity contribution < 1.29 is 0 Å². The molecule has 0 spiro atoms. The first-order valence-electron chi connectivity index (χ1n) is 9.39. The molecule has 1 fully saturated rings. The lowest BCUT2D eigenvalue weighted by Gasteiger charge is -2.32. The minimum Gasteiger partial charge on any atom is -0.324 e. The van der Waals surface area contributed by atoms with Crippen LogP contribution in [0.15, 0.2) is 55.4 Å². The largest absolute Gasteiger partial charge is 0.324 e. The van der Waals surface area contributed by atoms with Gasteiger partial charge in [-0.3, -0.25) is 14.9 Å². The van der Waals surface area contributed by atoms with Crippen molar-refractivity contribution >= 4 is 11.6 Å². The average molecular weight is 360 g/mol. The highest BCUT2D eigenvalue weighted by atomic mass is 15.1. The number of aromatic nitrogens is 4. The Labute approximate surface area is 159 Å². The highest BCUT2D eigenvalue weighted by molar-refractivity contribution is 5.51. The van der Waals surface area contributed by atoms with E-state index in [1.54, 1.807) is 18.6 Å². The standard InChI is InChI=1S/C21H24N6/c1-16-13-22-6-2-19(16)15-27-10-4-17(5-11-27)18-3-7-24-20(12-18)26-21-14-23-8-9-25-21/h2-3,6-9,12-14,17H,4-5,10-11,15H2,1H3,(H,24,25,26). The van der Waals surface area contributed by atoms with Gasteiger partial charge in [0.1, 0.15) is 11.6 Å². The van der Waals surface area contributed by atoms with E-state index in [9.17, 15) is 0 Å². The Morgan fingerprint density at radius 1 is 0.963 bits per heavy atom. The summed E-state index contributed by atoms with van der Waals surface area (Å²) in [4.78, 5) is 19.5. The Morgan fingerprint density at radius 2 is 1.78 bits per heavy atom. The summed E-state index contributed by atoms with van der Waals surface area (Å²) in [5, 5.41) is 3.23. The fourth-order valence-corrected chi connectivity index (χ4v) is 3.61. The molecule has 0 aromatic carbocycles. The lowest BCUT2D eigenvalue weighted by molar-refractivity contribution is 0.204. The van der Waals surface area contributed by atoms with Gasteiger partial charge in [0.05, 0.1) is 6.20 Å². The summed E-state index contributed by atoms with van der Waals surface area (Å²) in [6, 6.07) is 6.41. The molecule has 0 amide bonds. The number of nitrogens with zero attached hydrogens (tertiary/aromatic N) is 5. The first-order valence-corrected chi connectivity index (χ1v) is 9.39. The summed E-state index contributed by atoms with van der Waals surface area (Å²) >= 11 is 0. The summed E-state index contributed by atoms with van der Waals surface area (Å²) < 4.78 is 0. The summed E-state index contributed by atoms with van der Waals surface area (Å²) in [6.45, 7) is 5.37. The molecule has 27 heavy (non-hydrogen) atoms.